The number of nitrogens with zero attached hydrogens (tertiary/aromatic N) is 1. The highest BCUT2D eigenvalue weighted by Gasteiger charge is 2.32. The summed E-state index contributed by atoms with van der Waals surface area (Å²) in [5, 5.41) is 20.0. The fourth-order valence-electron chi connectivity index (χ4n) is 4.02. The van der Waals surface area contributed by atoms with E-state index in [4.69, 9.17) is 9.47 Å². The molecule has 2 aliphatic rings. The number of fused-ring (bicyclic) bond motifs is 4. The first kappa shape index (κ1) is 18.6. The van der Waals surface area contributed by atoms with Gasteiger partial charge in [-0.05, 0) is 17.4 Å². The number of hydrogen-bond donors (Lipinski definition) is 4. The molecule has 7 nitrogen and oxygen atoms in total. The van der Waals surface area contributed by atoms with E-state index < -0.39 is 5.60 Å². The number of hydrogen-bond acceptors (Lipinski definition) is 7. The van der Waals surface area contributed by atoms with E-state index >= 15 is 0 Å². The molecule has 4 N–H and O–H groups in total. The molecule has 1 aliphatic carbocycles. The smallest absolute Gasteiger partial charge is 0.148 e. The highest BCUT2D eigenvalue weighted by Crippen LogP contribution is 2.31. The zero-order chi connectivity index (χ0) is 20.0. The number of methoxy groups -OCH3 is 2. The molecule has 0 saturated carbocycles. The van der Waals surface area contributed by atoms with Crippen molar-refractivity contribution in [2.24, 2.45) is 0 Å². The average Bonchev–Trinajstić information content (AvgIpc) is 3.32. The van der Waals surface area contributed by atoms with Crippen LogP contribution in [0.15, 0.2) is 18.3 Å². The summed E-state index contributed by atoms with van der Waals surface area (Å²) in [4.78, 5) is 0. The van der Waals surface area contributed by atoms with Crippen LogP contribution in [0.3, 0.4) is 0 Å². The maximum atomic E-state index is 14.6. The van der Waals surface area contributed by atoms with Gasteiger partial charge in [0.1, 0.15) is 17.6 Å². The molecule has 152 valence electrons. The van der Waals surface area contributed by atoms with Gasteiger partial charge in [0.25, 0.3) is 0 Å². The molecule has 5 rings (SSSR count). The molecule has 0 radical (unpaired) electrons. The normalized spacial score (nSPS) is 22.9. The van der Waals surface area contributed by atoms with Gasteiger partial charge in [-0.15, -0.1) is 11.3 Å². The van der Waals surface area contributed by atoms with E-state index in [2.05, 4.69) is 38.3 Å². The number of nitrogens with one attached hydrogen (secondary N) is 4. The van der Waals surface area contributed by atoms with Gasteiger partial charge in [0.15, 0.2) is 0 Å². The van der Waals surface area contributed by atoms with Crippen molar-refractivity contribution in [3.63, 3.8) is 0 Å². The van der Waals surface area contributed by atoms with Crippen LogP contribution in [0.4, 0.5) is 15.1 Å². The molecule has 0 amide bonds. The molecule has 3 aromatic rings. The Hall–Kier alpha value is -2.46. The van der Waals surface area contributed by atoms with Crippen molar-refractivity contribution >= 4 is 45.1 Å². The zero-order valence-corrected chi connectivity index (χ0v) is 17.0. The molecule has 9 heteroatoms. The van der Waals surface area contributed by atoms with Crippen molar-refractivity contribution in [1.82, 2.24) is 15.5 Å². The number of halogens is 1. The highest BCUT2D eigenvalue weighted by atomic mass is 32.1. The van der Waals surface area contributed by atoms with Crippen LogP contribution in [0.25, 0.3) is 23.1 Å². The number of H-pyrrole nitrogens is 1. The molecule has 0 spiro atoms. The van der Waals surface area contributed by atoms with Crippen molar-refractivity contribution in [3.05, 3.63) is 39.5 Å². The highest BCUT2D eigenvalue weighted by molar-refractivity contribution is 7.14. The molecule has 2 atom stereocenters. The summed E-state index contributed by atoms with van der Waals surface area (Å²) in [6, 6.07) is 3.24. The predicted molar refractivity (Wildman–Crippen MR) is 113 cm³/mol. The van der Waals surface area contributed by atoms with E-state index in [0.717, 1.165) is 32.1 Å². The van der Waals surface area contributed by atoms with Gasteiger partial charge in [0.05, 0.1) is 35.7 Å². The first-order valence-corrected chi connectivity index (χ1v) is 10.2. The number of ether oxygens (including phenoxy) is 2. The molecule has 1 aromatic carbocycles. The number of benzene rings is 1. The van der Waals surface area contributed by atoms with Gasteiger partial charge in [-0.1, -0.05) is 6.08 Å². The summed E-state index contributed by atoms with van der Waals surface area (Å²) in [7, 11) is 3.39. The van der Waals surface area contributed by atoms with Crippen LogP contribution in [0, 0.1) is 5.82 Å². The Morgan fingerprint density at radius 2 is 2.28 bits per heavy atom. The molecular weight excluding hydrogens is 393 g/mol. The Bertz CT molecular complexity index is 1190. The predicted octanol–water partition coefficient (Wildman–Crippen LogP) is 1.84. The minimum atomic E-state index is -0.454. The van der Waals surface area contributed by atoms with E-state index in [1.165, 1.54) is 6.07 Å². The fraction of sp³-hybridized carbons (Fsp3) is 0.350. The van der Waals surface area contributed by atoms with Crippen LogP contribution in [-0.4, -0.2) is 43.3 Å². The monoisotopic (exact) mass is 415 g/mol. The number of aromatic amines is 1. The van der Waals surface area contributed by atoms with Crippen molar-refractivity contribution in [2.75, 3.05) is 38.1 Å². The molecule has 2 aromatic heterocycles. The largest absolute Gasteiger partial charge is 0.381 e. The third kappa shape index (κ3) is 3.10. The lowest BCUT2D eigenvalue weighted by atomic mass is 9.94. The van der Waals surface area contributed by atoms with E-state index in [9.17, 15) is 4.39 Å². The van der Waals surface area contributed by atoms with Gasteiger partial charge in [-0.25, -0.2) is 4.39 Å². The van der Waals surface area contributed by atoms with E-state index in [-0.39, 0.29) is 12.0 Å². The van der Waals surface area contributed by atoms with E-state index in [1.807, 2.05) is 0 Å². The van der Waals surface area contributed by atoms with Crippen LogP contribution in [-0.2, 0) is 9.47 Å². The van der Waals surface area contributed by atoms with Gasteiger partial charge in [0.2, 0.25) is 0 Å². The summed E-state index contributed by atoms with van der Waals surface area (Å²) in [5.41, 5.74) is 1.76. The second kappa shape index (κ2) is 7.10. The Balaban J connectivity index is 1.55. The van der Waals surface area contributed by atoms with Gasteiger partial charge < -0.3 is 20.1 Å². The Labute approximate surface area is 170 Å². The lowest BCUT2D eigenvalue weighted by Gasteiger charge is -2.30. The van der Waals surface area contributed by atoms with Gasteiger partial charge in [-0.3, -0.25) is 10.4 Å². The van der Waals surface area contributed by atoms with Crippen molar-refractivity contribution in [3.8, 4) is 0 Å². The number of aromatic nitrogens is 2. The van der Waals surface area contributed by atoms with Gasteiger partial charge >= 0.3 is 0 Å². The van der Waals surface area contributed by atoms with Crippen LogP contribution in [0.2, 0.25) is 0 Å². The molecule has 0 saturated heterocycles. The summed E-state index contributed by atoms with van der Waals surface area (Å²) >= 11 is 1.68. The molecule has 1 aliphatic heterocycles. The summed E-state index contributed by atoms with van der Waals surface area (Å²) < 4.78 is 26.9. The average molecular weight is 415 g/mol. The van der Waals surface area contributed by atoms with Crippen LogP contribution >= 0.6 is 11.3 Å². The molecule has 29 heavy (non-hydrogen) atoms. The minimum Gasteiger partial charge on any atom is -0.381 e. The molecule has 1 unspecified atom stereocenters. The quantitative estimate of drug-likeness (QED) is 0.509. The third-order valence-corrected chi connectivity index (χ3v) is 6.65. The molecule has 0 fully saturated rings. The SMILES string of the molecule is COC[C@@]1(OC)C=c2sc3c(c2=CC1)C(Nc1cc2cn[nH]c2cc1F)NCN3. The van der Waals surface area contributed by atoms with Crippen molar-refractivity contribution in [2.45, 2.75) is 18.2 Å². The van der Waals surface area contributed by atoms with Crippen molar-refractivity contribution < 1.29 is 13.9 Å². The maximum Gasteiger partial charge on any atom is 0.148 e. The second-order valence-electron chi connectivity index (χ2n) is 7.30. The van der Waals surface area contributed by atoms with E-state index in [0.29, 0.717) is 24.5 Å². The van der Waals surface area contributed by atoms with Crippen LogP contribution in [0.5, 0.6) is 0 Å². The topological polar surface area (TPSA) is 83.2 Å². The first-order chi connectivity index (χ1) is 14.1. The fourth-order valence-corrected chi connectivity index (χ4v) is 5.30. The molecular formula is C20H22FN5O2S. The van der Waals surface area contributed by atoms with Crippen LogP contribution in [0.1, 0.15) is 18.2 Å². The minimum absolute atomic E-state index is 0.216. The van der Waals surface area contributed by atoms with Gasteiger partial charge in [0, 0.05) is 42.2 Å². The Kier molecular flexibility index (Phi) is 4.54. The third-order valence-electron chi connectivity index (χ3n) is 5.52. The van der Waals surface area contributed by atoms with Gasteiger partial charge in [-0.2, -0.15) is 5.10 Å². The number of thiophene rings is 1. The summed E-state index contributed by atoms with van der Waals surface area (Å²) in [6.07, 6.45) is 6.52. The summed E-state index contributed by atoms with van der Waals surface area (Å²) in [5.74, 6) is -0.318. The second-order valence-corrected chi connectivity index (χ2v) is 8.35. The molecule has 0 bridgehead atoms. The lowest BCUT2D eigenvalue weighted by Crippen LogP contribution is -2.44. The summed E-state index contributed by atoms with van der Waals surface area (Å²) in [6.45, 7) is 1.08. The van der Waals surface area contributed by atoms with Crippen LogP contribution < -0.4 is 25.7 Å². The zero-order valence-electron chi connectivity index (χ0n) is 16.1. The maximum absolute atomic E-state index is 14.6. The van der Waals surface area contributed by atoms with E-state index in [1.54, 1.807) is 37.8 Å². The number of anilines is 2. The first-order valence-electron chi connectivity index (χ1n) is 9.39. The molecule has 3 heterocycles. The lowest BCUT2D eigenvalue weighted by molar-refractivity contribution is -0.0137. The van der Waals surface area contributed by atoms with Crippen molar-refractivity contribution in [1.29, 1.82) is 0 Å². The Morgan fingerprint density at radius 1 is 1.38 bits per heavy atom. The number of rotatable bonds is 5. The Morgan fingerprint density at radius 3 is 3.10 bits per heavy atom. The standard InChI is InChI=1S/C20H22FN5O2S/c1-27-9-20(28-2)4-3-12-16(7-20)29-19-17(12)18(22-10-23-19)25-15-5-11-8-24-26-14(11)6-13(15)21/h3,5-8,18,22-23,25H,4,9-10H2,1-2H3,(H,24,26)/t18?,20-/m0/s1.